The fourth-order valence-electron chi connectivity index (χ4n) is 2.43. The maximum Gasteiger partial charge on any atom is 0.271 e. The van der Waals surface area contributed by atoms with Crippen LogP contribution in [-0.2, 0) is 4.79 Å². The van der Waals surface area contributed by atoms with Gasteiger partial charge in [-0.2, -0.15) is 0 Å². The lowest BCUT2D eigenvalue weighted by Crippen LogP contribution is -2.48. The van der Waals surface area contributed by atoms with Gasteiger partial charge in [-0.25, -0.2) is 0 Å². The van der Waals surface area contributed by atoms with E-state index in [1.807, 2.05) is 11.0 Å². The predicted octanol–water partition coefficient (Wildman–Crippen LogP) is 0.921. The molecule has 2 amide bonds. The van der Waals surface area contributed by atoms with Crippen LogP contribution in [0.2, 0.25) is 0 Å². The Morgan fingerprint density at radius 1 is 1.17 bits per heavy atom. The molecule has 23 heavy (non-hydrogen) atoms. The third kappa shape index (κ3) is 4.91. The fraction of sp³-hybridized carbons (Fsp3) is 0.625. The van der Waals surface area contributed by atoms with Crippen molar-refractivity contribution in [1.29, 1.82) is 0 Å². The summed E-state index contributed by atoms with van der Waals surface area (Å²) in [5, 5.41) is 11.0. The second kappa shape index (κ2) is 7.89. The van der Waals surface area contributed by atoms with Gasteiger partial charge in [0.15, 0.2) is 11.5 Å². The van der Waals surface area contributed by atoms with Crippen molar-refractivity contribution in [1.82, 2.24) is 20.4 Å². The third-order valence-corrected chi connectivity index (χ3v) is 3.94. The van der Waals surface area contributed by atoms with Gasteiger partial charge in [-0.05, 0) is 24.5 Å². The van der Waals surface area contributed by atoms with Crippen LogP contribution in [0, 0.1) is 5.92 Å². The summed E-state index contributed by atoms with van der Waals surface area (Å²) in [5.74, 6) is 1.21. The number of carbonyl (C=O) groups excluding carboxylic acids is 2. The highest BCUT2D eigenvalue weighted by atomic mass is 16.2. The Bertz CT molecular complexity index is 536. The molecule has 1 fully saturated rings. The van der Waals surface area contributed by atoms with Crippen LogP contribution in [0.1, 0.15) is 37.7 Å². The SMILES string of the molecule is CC(=O)N1CCN(c2ccc(C(=O)NCCC(C)C)nn2)CC1. The summed E-state index contributed by atoms with van der Waals surface area (Å²) in [6, 6.07) is 3.51. The molecule has 1 aromatic rings. The van der Waals surface area contributed by atoms with Gasteiger partial charge in [0.05, 0.1) is 0 Å². The molecule has 0 aromatic carbocycles. The van der Waals surface area contributed by atoms with E-state index in [1.165, 1.54) is 0 Å². The number of amides is 2. The number of rotatable bonds is 5. The van der Waals surface area contributed by atoms with Crippen molar-refractivity contribution in [3.05, 3.63) is 17.8 Å². The van der Waals surface area contributed by atoms with Gasteiger partial charge in [-0.15, -0.1) is 10.2 Å². The number of nitrogens with one attached hydrogen (secondary N) is 1. The number of nitrogens with zero attached hydrogens (tertiary/aromatic N) is 4. The van der Waals surface area contributed by atoms with Crippen LogP contribution in [0.25, 0.3) is 0 Å². The number of aromatic nitrogens is 2. The molecular weight excluding hydrogens is 294 g/mol. The Kier molecular flexibility index (Phi) is 5.90. The molecule has 0 spiro atoms. The van der Waals surface area contributed by atoms with Crippen molar-refractivity contribution in [2.75, 3.05) is 37.6 Å². The minimum Gasteiger partial charge on any atom is -0.352 e. The first-order chi connectivity index (χ1) is 11.0. The minimum atomic E-state index is -0.189. The lowest BCUT2D eigenvalue weighted by Gasteiger charge is -2.34. The molecule has 1 aliphatic rings. The first kappa shape index (κ1) is 17.2. The van der Waals surface area contributed by atoms with Crippen molar-refractivity contribution < 1.29 is 9.59 Å². The summed E-state index contributed by atoms with van der Waals surface area (Å²) in [5.41, 5.74) is 0.333. The summed E-state index contributed by atoms with van der Waals surface area (Å²) in [7, 11) is 0. The summed E-state index contributed by atoms with van der Waals surface area (Å²) < 4.78 is 0. The largest absolute Gasteiger partial charge is 0.352 e. The number of hydrogen-bond donors (Lipinski definition) is 1. The molecule has 1 N–H and O–H groups in total. The van der Waals surface area contributed by atoms with E-state index in [4.69, 9.17) is 0 Å². The lowest BCUT2D eigenvalue weighted by molar-refractivity contribution is -0.129. The molecule has 7 nitrogen and oxygen atoms in total. The summed E-state index contributed by atoms with van der Waals surface area (Å²) >= 11 is 0. The van der Waals surface area contributed by atoms with Crippen LogP contribution >= 0.6 is 0 Å². The van der Waals surface area contributed by atoms with E-state index in [9.17, 15) is 9.59 Å². The third-order valence-electron chi connectivity index (χ3n) is 3.94. The maximum atomic E-state index is 12.0. The molecule has 1 aliphatic heterocycles. The Hall–Kier alpha value is -2.18. The van der Waals surface area contributed by atoms with Gasteiger partial charge in [0.25, 0.3) is 5.91 Å². The van der Waals surface area contributed by atoms with Crippen LogP contribution in [0.4, 0.5) is 5.82 Å². The van der Waals surface area contributed by atoms with E-state index in [-0.39, 0.29) is 11.8 Å². The second-order valence-electron chi connectivity index (χ2n) is 6.21. The molecule has 0 saturated carbocycles. The van der Waals surface area contributed by atoms with Gasteiger partial charge in [-0.1, -0.05) is 13.8 Å². The van der Waals surface area contributed by atoms with Crippen molar-refractivity contribution in [3.63, 3.8) is 0 Å². The van der Waals surface area contributed by atoms with Gasteiger partial charge in [0, 0.05) is 39.6 Å². The zero-order valence-corrected chi connectivity index (χ0v) is 14.1. The van der Waals surface area contributed by atoms with Crippen molar-refractivity contribution in [3.8, 4) is 0 Å². The smallest absolute Gasteiger partial charge is 0.271 e. The van der Waals surface area contributed by atoms with E-state index in [1.54, 1.807) is 13.0 Å². The molecule has 2 rings (SSSR count). The number of anilines is 1. The van der Waals surface area contributed by atoms with E-state index >= 15 is 0 Å². The van der Waals surface area contributed by atoms with Crippen LogP contribution in [0.5, 0.6) is 0 Å². The van der Waals surface area contributed by atoms with E-state index < -0.39 is 0 Å². The minimum absolute atomic E-state index is 0.101. The van der Waals surface area contributed by atoms with Gasteiger partial charge in [0.1, 0.15) is 0 Å². The van der Waals surface area contributed by atoms with Gasteiger partial charge in [-0.3, -0.25) is 9.59 Å². The van der Waals surface area contributed by atoms with E-state index in [0.717, 1.165) is 25.3 Å². The molecule has 0 aliphatic carbocycles. The molecule has 1 saturated heterocycles. The highest BCUT2D eigenvalue weighted by Crippen LogP contribution is 2.13. The molecule has 2 heterocycles. The number of piperazine rings is 1. The zero-order chi connectivity index (χ0) is 16.8. The molecule has 0 atom stereocenters. The van der Waals surface area contributed by atoms with Crippen molar-refractivity contribution >= 4 is 17.6 Å². The first-order valence-electron chi connectivity index (χ1n) is 8.09. The normalized spacial score (nSPS) is 15.0. The highest BCUT2D eigenvalue weighted by molar-refractivity contribution is 5.92. The van der Waals surface area contributed by atoms with E-state index in [2.05, 4.69) is 34.3 Å². The Labute approximate surface area is 137 Å². The highest BCUT2D eigenvalue weighted by Gasteiger charge is 2.20. The average Bonchev–Trinajstić information content (AvgIpc) is 2.54. The van der Waals surface area contributed by atoms with Gasteiger partial charge in [0.2, 0.25) is 5.91 Å². The molecule has 0 radical (unpaired) electrons. The number of carbonyl (C=O) groups is 2. The van der Waals surface area contributed by atoms with Crippen LogP contribution in [0.15, 0.2) is 12.1 Å². The molecular formula is C16H25N5O2. The van der Waals surface area contributed by atoms with Gasteiger partial charge >= 0.3 is 0 Å². The van der Waals surface area contributed by atoms with Crippen LogP contribution in [-0.4, -0.2) is 59.6 Å². The monoisotopic (exact) mass is 319 g/mol. The Morgan fingerprint density at radius 3 is 2.39 bits per heavy atom. The van der Waals surface area contributed by atoms with Crippen molar-refractivity contribution in [2.45, 2.75) is 27.2 Å². The molecule has 7 heteroatoms. The quantitative estimate of drug-likeness (QED) is 0.873. The molecule has 0 unspecified atom stereocenters. The second-order valence-corrected chi connectivity index (χ2v) is 6.21. The van der Waals surface area contributed by atoms with E-state index in [0.29, 0.717) is 31.2 Å². The predicted molar refractivity (Wildman–Crippen MR) is 88.3 cm³/mol. The summed E-state index contributed by atoms with van der Waals surface area (Å²) in [4.78, 5) is 27.2. The molecule has 126 valence electrons. The Morgan fingerprint density at radius 2 is 1.87 bits per heavy atom. The topological polar surface area (TPSA) is 78.4 Å². The van der Waals surface area contributed by atoms with Crippen LogP contribution < -0.4 is 10.2 Å². The standard InChI is InChI=1S/C16H25N5O2/c1-12(2)6-7-17-16(23)14-4-5-15(19-18-14)21-10-8-20(9-11-21)13(3)22/h4-5,12H,6-11H2,1-3H3,(H,17,23). The zero-order valence-electron chi connectivity index (χ0n) is 14.1. The van der Waals surface area contributed by atoms with Crippen LogP contribution in [0.3, 0.4) is 0 Å². The summed E-state index contributed by atoms with van der Waals surface area (Å²) in [6.07, 6.45) is 0.942. The van der Waals surface area contributed by atoms with Crippen molar-refractivity contribution in [2.24, 2.45) is 5.92 Å². The van der Waals surface area contributed by atoms with Gasteiger partial charge < -0.3 is 15.1 Å². The Balaban J connectivity index is 1.87. The summed E-state index contributed by atoms with van der Waals surface area (Å²) in [6.45, 7) is 9.31. The fourth-order valence-corrected chi connectivity index (χ4v) is 2.43. The molecule has 1 aromatic heterocycles. The molecule has 0 bridgehead atoms. The average molecular weight is 319 g/mol. The number of hydrogen-bond acceptors (Lipinski definition) is 5. The lowest BCUT2D eigenvalue weighted by atomic mass is 10.1. The maximum absolute atomic E-state index is 12.0. The first-order valence-corrected chi connectivity index (χ1v) is 8.09.